The summed E-state index contributed by atoms with van der Waals surface area (Å²) >= 11 is 5.63. The average molecular weight is 326 g/mol. The molecule has 0 spiro atoms. The van der Waals surface area contributed by atoms with Crippen LogP contribution >= 0.6 is 11.6 Å². The van der Waals surface area contributed by atoms with Crippen molar-refractivity contribution in [1.29, 1.82) is 0 Å². The summed E-state index contributed by atoms with van der Waals surface area (Å²) in [7, 11) is -3.89. The predicted molar refractivity (Wildman–Crippen MR) is 80.6 cm³/mol. The van der Waals surface area contributed by atoms with Crippen LogP contribution < -0.4 is 4.31 Å². The quantitative estimate of drug-likeness (QED) is 0.812. The first-order chi connectivity index (χ1) is 10.0. The molecule has 110 valence electrons. The fraction of sp³-hybridized carbons (Fsp3) is 0.200. The van der Waals surface area contributed by atoms with Gasteiger partial charge in [-0.2, -0.15) is 0 Å². The maximum atomic E-state index is 14.1. The predicted octanol–water partition coefficient (Wildman–Crippen LogP) is 3.32. The van der Waals surface area contributed by atoms with Crippen LogP contribution in [0.25, 0.3) is 0 Å². The number of anilines is 1. The van der Waals surface area contributed by atoms with Gasteiger partial charge in [-0.05, 0) is 35.7 Å². The molecule has 3 nitrogen and oxygen atoms in total. The molecule has 0 bridgehead atoms. The first-order valence-corrected chi connectivity index (χ1v) is 8.46. The number of nitrogens with zero attached hydrogens (tertiary/aromatic N) is 1. The number of alkyl halides is 1. The van der Waals surface area contributed by atoms with Crippen LogP contribution in [0, 0.1) is 5.82 Å². The Morgan fingerprint density at radius 3 is 2.67 bits per heavy atom. The zero-order valence-corrected chi connectivity index (χ0v) is 12.7. The molecule has 0 atom stereocenters. The average Bonchev–Trinajstić information content (AvgIpc) is 2.91. The number of hydrogen-bond donors (Lipinski definition) is 0. The van der Waals surface area contributed by atoms with Crippen molar-refractivity contribution in [2.75, 3.05) is 10.8 Å². The zero-order chi connectivity index (χ0) is 15.0. The van der Waals surface area contributed by atoms with Gasteiger partial charge in [-0.3, -0.25) is 4.31 Å². The molecular weight excluding hydrogens is 313 g/mol. The lowest BCUT2D eigenvalue weighted by molar-refractivity contribution is 0.564. The third kappa shape index (κ3) is 2.40. The van der Waals surface area contributed by atoms with Gasteiger partial charge in [0.05, 0.1) is 5.69 Å². The second-order valence-electron chi connectivity index (χ2n) is 4.85. The van der Waals surface area contributed by atoms with E-state index in [0.29, 0.717) is 24.2 Å². The molecule has 0 aliphatic carbocycles. The molecule has 2 aromatic rings. The van der Waals surface area contributed by atoms with Crippen molar-refractivity contribution in [2.45, 2.75) is 17.2 Å². The summed E-state index contributed by atoms with van der Waals surface area (Å²) in [5.41, 5.74) is 2.13. The van der Waals surface area contributed by atoms with Gasteiger partial charge in [0.2, 0.25) is 0 Å². The molecule has 0 aromatic heterocycles. The maximum absolute atomic E-state index is 14.1. The first kappa shape index (κ1) is 14.4. The fourth-order valence-corrected chi connectivity index (χ4v) is 4.23. The Labute approximate surface area is 128 Å². The topological polar surface area (TPSA) is 37.4 Å². The molecule has 0 radical (unpaired) electrons. The molecule has 3 rings (SSSR count). The number of para-hydroxylation sites is 1. The molecule has 1 heterocycles. The van der Waals surface area contributed by atoms with Crippen molar-refractivity contribution in [3.8, 4) is 0 Å². The van der Waals surface area contributed by atoms with Gasteiger partial charge in [0.15, 0.2) is 0 Å². The molecule has 0 saturated heterocycles. The summed E-state index contributed by atoms with van der Waals surface area (Å²) in [6, 6.07) is 11.3. The van der Waals surface area contributed by atoms with E-state index in [4.69, 9.17) is 11.6 Å². The molecular formula is C15H13ClFNO2S. The molecule has 0 N–H and O–H groups in total. The number of halogens is 2. The SMILES string of the molecule is O=S(=O)(c1ccc(CCl)cc1F)N1CCc2ccccc21. The molecule has 0 fully saturated rings. The van der Waals surface area contributed by atoms with Crippen molar-refractivity contribution in [2.24, 2.45) is 0 Å². The molecule has 21 heavy (non-hydrogen) atoms. The van der Waals surface area contributed by atoms with Crippen LogP contribution in [0.4, 0.5) is 10.1 Å². The van der Waals surface area contributed by atoms with E-state index < -0.39 is 15.8 Å². The molecule has 1 aliphatic heterocycles. The molecule has 0 amide bonds. The van der Waals surface area contributed by atoms with E-state index in [9.17, 15) is 12.8 Å². The van der Waals surface area contributed by atoms with Crippen LogP contribution in [-0.4, -0.2) is 15.0 Å². The summed E-state index contributed by atoms with van der Waals surface area (Å²) in [6.45, 7) is 0.332. The van der Waals surface area contributed by atoms with Crippen LogP contribution in [0.5, 0.6) is 0 Å². The zero-order valence-electron chi connectivity index (χ0n) is 11.1. The summed E-state index contributed by atoms with van der Waals surface area (Å²) in [4.78, 5) is -0.312. The lowest BCUT2D eigenvalue weighted by atomic mass is 10.2. The Morgan fingerprint density at radius 2 is 1.95 bits per heavy atom. The summed E-state index contributed by atoms with van der Waals surface area (Å²) in [5, 5.41) is 0. The van der Waals surface area contributed by atoms with Crippen LogP contribution in [0.2, 0.25) is 0 Å². The second kappa shape index (κ2) is 5.31. The van der Waals surface area contributed by atoms with Gasteiger partial charge >= 0.3 is 0 Å². The Balaban J connectivity index is 2.06. The smallest absolute Gasteiger partial charge is 0.266 e. The van der Waals surface area contributed by atoms with Crippen LogP contribution in [0.3, 0.4) is 0 Å². The first-order valence-electron chi connectivity index (χ1n) is 6.49. The van der Waals surface area contributed by atoms with E-state index >= 15 is 0 Å². The third-order valence-electron chi connectivity index (χ3n) is 3.56. The van der Waals surface area contributed by atoms with E-state index in [2.05, 4.69) is 0 Å². The van der Waals surface area contributed by atoms with Crippen molar-refractivity contribution in [3.63, 3.8) is 0 Å². The molecule has 0 unspecified atom stereocenters. The largest absolute Gasteiger partial charge is 0.267 e. The Kier molecular flexibility index (Phi) is 3.63. The maximum Gasteiger partial charge on any atom is 0.267 e. The lowest BCUT2D eigenvalue weighted by Gasteiger charge is -2.20. The minimum atomic E-state index is -3.89. The van der Waals surface area contributed by atoms with E-state index in [0.717, 1.165) is 5.56 Å². The van der Waals surface area contributed by atoms with Crippen molar-refractivity contribution in [3.05, 3.63) is 59.4 Å². The summed E-state index contributed by atoms with van der Waals surface area (Å²) < 4.78 is 40.7. The highest BCUT2D eigenvalue weighted by atomic mass is 35.5. The van der Waals surface area contributed by atoms with Gasteiger partial charge in [0.25, 0.3) is 10.0 Å². The van der Waals surface area contributed by atoms with Crippen LogP contribution in [-0.2, 0) is 22.3 Å². The van der Waals surface area contributed by atoms with Gasteiger partial charge in [-0.15, -0.1) is 11.6 Å². The highest BCUT2D eigenvalue weighted by Gasteiger charge is 2.32. The number of benzene rings is 2. The lowest BCUT2D eigenvalue weighted by Crippen LogP contribution is -2.29. The Morgan fingerprint density at radius 1 is 1.19 bits per heavy atom. The second-order valence-corrected chi connectivity index (χ2v) is 6.95. The number of hydrogen-bond acceptors (Lipinski definition) is 2. The number of fused-ring (bicyclic) bond motifs is 1. The highest BCUT2D eigenvalue weighted by Crippen LogP contribution is 2.33. The monoisotopic (exact) mass is 325 g/mol. The summed E-state index contributed by atoms with van der Waals surface area (Å²) in [5.74, 6) is -0.624. The normalized spacial score (nSPS) is 14.3. The Bertz CT molecular complexity index is 792. The molecule has 1 aliphatic rings. The highest BCUT2D eigenvalue weighted by molar-refractivity contribution is 7.92. The van der Waals surface area contributed by atoms with Crippen molar-refractivity contribution in [1.82, 2.24) is 0 Å². The minimum Gasteiger partial charge on any atom is -0.266 e. The van der Waals surface area contributed by atoms with E-state index in [1.54, 1.807) is 12.1 Å². The van der Waals surface area contributed by atoms with Gasteiger partial charge in [-0.1, -0.05) is 24.3 Å². The number of sulfonamides is 1. The van der Waals surface area contributed by atoms with E-state index in [-0.39, 0.29) is 10.8 Å². The molecule has 0 saturated carbocycles. The molecule has 2 aromatic carbocycles. The van der Waals surface area contributed by atoms with E-state index in [1.807, 2.05) is 12.1 Å². The Hall–Kier alpha value is -1.59. The van der Waals surface area contributed by atoms with Gasteiger partial charge in [0, 0.05) is 12.4 Å². The standard InChI is InChI=1S/C15H13ClFNO2S/c16-10-11-5-6-15(13(17)9-11)21(19,20)18-8-7-12-3-1-2-4-14(12)18/h1-6,9H,7-8,10H2. The van der Waals surface area contributed by atoms with Crippen LogP contribution in [0.1, 0.15) is 11.1 Å². The van der Waals surface area contributed by atoms with Gasteiger partial charge in [0.1, 0.15) is 10.7 Å². The number of rotatable bonds is 3. The van der Waals surface area contributed by atoms with Gasteiger partial charge in [-0.25, -0.2) is 12.8 Å². The fourth-order valence-electron chi connectivity index (χ4n) is 2.51. The van der Waals surface area contributed by atoms with Crippen molar-refractivity contribution >= 4 is 27.3 Å². The minimum absolute atomic E-state index is 0.143. The summed E-state index contributed by atoms with van der Waals surface area (Å²) in [6.07, 6.45) is 0.636. The van der Waals surface area contributed by atoms with Gasteiger partial charge < -0.3 is 0 Å². The van der Waals surface area contributed by atoms with Crippen molar-refractivity contribution < 1.29 is 12.8 Å². The van der Waals surface area contributed by atoms with Crippen LogP contribution in [0.15, 0.2) is 47.4 Å². The third-order valence-corrected chi connectivity index (χ3v) is 5.72. The molecule has 6 heteroatoms. The van der Waals surface area contributed by atoms with E-state index in [1.165, 1.54) is 22.5 Å².